The van der Waals surface area contributed by atoms with Crippen LogP contribution in [0.3, 0.4) is 0 Å². The summed E-state index contributed by atoms with van der Waals surface area (Å²) in [6, 6.07) is 13.7. The molecule has 11 heteroatoms. The quantitative estimate of drug-likeness (QED) is 0.185. The van der Waals surface area contributed by atoms with Crippen molar-refractivity contribution in [2.45, 2.75) is 72.6 Å². The van der Waals surface area contributed by atoms with Gasteiger partial charge in [-0.05, 0) is 106 Å². The van der Waals surface area contributed by atoms with Crippen molar-refractivity contribution >= 4 is 39.4 Å². The first-order chi connectivity index (χ1) is 25.2. The van der Waals surface area contributed by atoms with Gasteiger partial charge in [0, 0.05) is 72.0 Å². The molecule has 0 spiro atoms. The summed E-state index contributed by atoms with van der Waals surface area (Å²) in [6.45, 7) is 12.1. The van der Waals surface area contributed by atoms with Gasteiger partial charge in [-0.3, -0.25) is 14.5 Å². The molecule has 0 saturated carbocycles. The van der Waals surface area contributed by atoms with Crippen molar-refractivity contribution in [3.8, 4) is 39.4 Å². The number of hydrogen-bond donors (Lipinski definition) is 1. The zero-order valence-electron chi connectivity index (χ0n) is 31.0. The maximum Gasteiger partial charge on any atom is 0.337 e. The van der Waals surface area contributed by atoms with Crippen LogP contribution in [-0.2, 0) is 34.3 Å². The van der Waals surface area contributed by atoms with Crippen LogP contribution in [-0.4, -0.2) is 55.1 Å². The van der Waals surface area contributed by atoms with E-state index in [1.165, 1.54) is 13.0 Å². The van der Waals surface area contributed by atoms with E-state index in [-0.39, 0.29) is 11.7 Å². The van der Waals surface area contributed by atoms with E-state index < -0.39 is 23.5 Å². The number of rotatable bonds is 6. The first kappa shape index (κ1) is 34.5. The molecule has 0 aliphatic carbocycles. The molecule has 10 nitrogen and oxygen atoms in total. The minimum atomic E-state index is -1.42. The Balaban J connectivity index is 1.46. The number of amides is 1. The second-order valence-corrected chi connectivity index (χ2v) is 15.1. The van der Waals surface area contributed by atoms with Crippen LogP contribution in [0.5, 0.6) is 5.75 Å². The monoisotopic (exact) mass is 715 g/mol. The molecule has 3 aromatic carbocycles. The number of carboxylic acid groups (broad SMARTS) is 1. The first-order valence-electron chi connectivity index (χ1n) is 18.0. The molecule has 53 heavy (non-hydrogen) atoms. The topological polar surface area (TPSA) is 112 Å². The fourth-order valence-electron chi connectivity index (χ4n) is 8.25. The van der Waals surface area contributed by atoms with Gasteiger partial charge in [0.15, 0.2) is 17.7 Å². The highest BCUT2D eigenvalue weighted by molar-refractivity contribution is 6.13. The van der Waals surface area contributed by atoms with E-state index in [0.717, 1.165) is 56.5 Å². The summed E-state index contributed by atoms with van der Waals surface area (Å²) in [5.74, 6) is -1.58. The van der Waals surface area contributed by atoms with Gasteiger partial charge < -0.3 is 24.0 Å². The third-order valence-electron chi connectivity index (χ3n) is 10.6. The normalized spacial score (nSPS) is 14.8. The van der Waals surface area contributed by atoms with Gasteiger partial charge in [-0.25, -0.2) is 9.18 Å². The standard InChI is InChI=1S/C42H42FN5O5/c1-22-28-9-8-16-52-39(28)31(43)19-29(22)36-30-20-34(26-12-13-44-32(18-26)25-10-11-33-27(17-25)21-45-46(33)7)48-15-14-47(24(3)49)37(38(30)48)23(2)35(36)40(41(50)51)53-42(4,5)6/h10-13,17-21,40H,8-9,14-16H2,1-7H3,(H,50,51)/t40-/m0/s1. The highest BCUT2D eigenvalue weighted by Gasteiger charge is 2.38. The number of nitrogens with zero attached hydrogens (tertiary/aromatic N) is 5. The smallest absolute Gasteiger partial charge is 0.337 e. The van der Waals surface area contributed by atoms with E-state index in [4.69, 9.17) is 14.5 Å². The zero-order chi connectivity index (χ0) is 37.5. The lowest BCUT2D eigenvalue weighted by Gasteiger charge is -2.35. The van der Waals surface area contributed by atoms with Crippen LogP contribution in [0.25, 0.3) is 55.4 Å². The van der Waals surface area contributed by atoms with Crippen LogP contribution in [0, 0.1) is 19.7 Å². The molecule has 3 aromatic heterocycles. The van der Waals surface area contributed by atoms with Crippen molar-refractivity contribution in [1.82, 2.24) is 19.3 Å². The number of benzene rings is 3. The van der Waals surface area contributed by atoms with E-state index in [1.54, 1.807) is 11.1 Å². The van der Waals surface area contributed by atoms with Crippen molar-refractivity contribution in [2.75, 3.05) is 18.1 Å². The Kier molecular flexibility index (Phi) is 8.17. The number of halogens is 1. The van der Waals surface area contributed by atoms with Crippen LogP contribution in [0.4, 0.5) is 10.1 Å². The third kappa shape index (κ3) is 5.65. The average molecular weight is 716 g/mol. The molecule has 5 heterocycles. The lowest BCUT2D eigenvalue weighted by atomic mass is 9.83. The SMILES string of the molecule is CC(=O)N1CCn2c(-c3ccnc(-c4ccc5c(cnn5C)c4)c3)cc3c(-c4cc(F)c5c(c4C)CCCO5)c([C@H](OC(C)(C)C)C(=O)O)c(C)c1c32. The Morgan fingerprint density at radius 2 is 1.83 bits per heavy atom. The largest absolute Gasteiger partial charge is 0.490 e. The first-order valence-corrected chi connectivity index (χ1v) is 18.0. The Morgan fingerprint density at radius 3 is 2.57 bits per heavy atom. The minimum absolute atomic E-state index is 0.157. The van der Waals surface area contributed by atoms with Crippen molar-refractivity contribution in [2.24, 2.45) is 7.05 Å². The highest BCUT2D eigenvalue weighted by Crippen LogP contribution is 2.51. The maximum atomic E-state index is 16.1. The number of aliphatic carboxylic acids is 1. The molecule has 6 aromatic rings. The van der Waals surface area contributed by atoms with E-state index in [0.29, 0.717) is 59.4 Å². The molecule has 0 radical (unpaired) electrons. The molecule has 1 amide bonds. The van der Waals surface area contributed by atoms with Gasteiger partial charge in [-0.2, -0.15) is 5.10 Å². The fourth-order valence-corrected chi connectivity index (χ4v) is 8.25. The second kappa shape index (κ2) is 12.5. The molecule has 1 N–H and O–H groups in total. The predicted molar refractivity (Wildman–Crippen MR) is 203 cm³/mol. The van der Waals surface area contributed by atoms with Gasteiger partial charge in [-0.1, -0.05) is 6.07 Å². The van der Waals surface area contributed by atoms with Crippen molar-refractivity contribution < 1.29 is 28.6 Å². The molecule has 1 atom stereocenters. The van der Waals surface area contributed by atoms with Gasteiger partial charge in [0.25, 0.3) is 0 Å². The number of ether oxygens (including phenoxy) is 2. The summed E-state index contributed by atoms with van der Waals surface area (Å²) in [5.41, 5.74) is 8.81. The summed E-state index contributed by atoms with van der Waals surface area (Å²) in [4.78, 5) is 33.1. The van der Waals surface area contributed by atoms with Gasteiger partial charge in [0.05, 0.1) is 40.8 Å². The van der Waals surface area contributed by atoms with Crippen LogP contribution >= 0.6 is 0 Å². The van der Waals surface area contributed by atoms with Crippen LogP contribution < -0.4 is 9.64 Å². The van der Waals surface area contributed by atoms with Gasteiger partial charge >= 0.3 is 5.97 Å². The summed E-state index contributed by atoms with van der Waals surface area (Å²) in [6.07, 6.45) is 3.58. The maximum absolute atomic E-state index is 16.1. The summed E-state index contributed by atoms with van der Waals surface area (Å²) in [7, 11) is 1.91. The number of carbonyl (C=O) groups excluding carboxylic acids is 1. The predicted octanol–water partition coefficient (Wildman–Crippen LogP) is 8.31. The number of carboxylic acids is 1. The van der Waals surface area contributed by atoms with E-state index in [1.807, 2.05) is 82.9 Å². The number of aromatic nitrogens is 4. The van der Waals surface area contributed by atoms with Gasteiger partial charge in [-0.15, -0.1) is 0 Å². The molecule has 0 saturated heterocycles. The summed E-state index contributed by atoms with van der Waals surface area (Å²) >= 11 is 0. The molecular formula is C42H42FN5O5. The fraction of sp³-hybridized carbons (Fsp3) is 0.333. The van der Waals surface area contributed by atoms with Crippen molar-refractivity contribution in [3.05, 3.63) is 82.9 Å². The summed E-state index contributed by atoms with van der Waals surface area (Å²) in [5, 5.41) is 17.0. The molecule has 0 unspecified atom stereocenters. The minimum Gasteiger partial charge on any atom is -0.490 e. The Bertz CT molecular complexity index is 2510. The Morgan fingerprint density at radius 1 is 1.04 bits per heavy atom. The van der Waals surface area contributed by atoms with Crippen molar-refractivity contribution in [1.29, 1.82) is 0 Å². The van der Waals surface area contributed by atoms with Crippen molar-refractivity contribution in [3.63, 3.8) is 0 Å². The number of hydrogen-bond acceptors (Lipinski definition) is 6. The molecular weight excluding hydrogens is 673 g/mol. The molecule has 0 bridgehead atoms. The molecule has 2 aliphatic heterocycles. The molecule has 2 aliphatic rings. The number of anilines is 1. The highest BCUT2D eigenvalue weighted by atomic mass is 19.1. The summed E-state index contributed by atoms with van der Waals surface area (Å²) < 4.78 is 32.3. The molecule has 272 valence electrons. The van der Waals surface area contributed by atoms with Gasteiger partial charge in [0.1, 0.15) is 0 Å². The lowest BCUT2D eigenvalue weighted by Crippen LogP contribution is -2.37. The van der Waals surface area contributed by atoms with E-state index >= 15 is 4.39 Å². The van der Waals surface area contributed by atoms with Crippen LogP contribution in [0.15, 0.2) is 54.9 Å². The van der Waals surface area contributed by atoms with Crippen LogP contribution in [0.2, 0.25) is 0 Å². The van der Waals surface area contributed by atoms with Gasteiger partial charge in [0.2, 0.25) is 5.91 Å². The Hall–Kier alpha value is -5.55. The molecule has 8 rings (SSSR count). The zero-order valence-corrected chi connectivity index (χ0v) is 31.0. The van der Waals surface area contributed by atoms with Crippen LogP contribution in [0.1, 0.15) is 62.5 Å². The third-order valence-corrected chi connectivity index (χ3v) is 10.6. The lowest BCUT2D eigenvalue weighted by molar-refractivity contribution is -0.160. The van der Waals surface area contributed by atoms with E-state index in [9.17, 15) is 14.7 Å². The average Bonchev–Trinajstić information content (AvgIpc) is 3.70. The Labute approximate surface area is 306 Å². The van der Waals surface area contributed by atoms with E-state index in [2.05, 4.69) is 15.7 Å². The number of pyridine rings is 1. The second-order valence-electron chi connectivity index (χ2n) is 15.1. The number of carbonyl (C=O) groups is 2. The number of fused-ring (bicyclic) bond motifs is 2. The number of aryl methyl sites for hydroxylation is 1. The molecule has 0 fully saturated rings.